The highest BCUT2D eigenvalue weighted by molar-refractivity contribution is 5.73. The zero-order valence-corrected chi connectivity index (χ0v) is 10.9. The molecule has 0 aliphatic carbocycles. The van der Waals surface area contributed by atoms with Crippen LogP contribution in [0.3, 0.4) is 0 Å². The van der Waals surface area contributed by atoms with Crippen molar-refractivity contribution in [3.05, 3.63) is 18.7 Å². The third-order valence-corrected chi connectivity index (χ3v) is 2.51. The molecule has 0 aliphatic rings. The standard InChI is InChI=1S/C11H16N8O/c12-8(20)3-1-2-4-15-10-16-9(13)17-11(18-10)19-6-5-14-7-19/h5-7H,1-4H2,(H2,12,20)(H3,13,15,16,17,18). The molecule has 0 unspecified atom stereocenters. The van der Waals surface area contributed by atoms with Crippen LogP contribution < -0.4 is 16.8 Å². The summed E-state index contributed by atoms with van der Waals surface area (Å²) < 4.78 is 1.64. The summed E-state index contributed by atoms with van der Waals surface area (Å²) in [5, 5.41) is 3.03. The van der Waals surface area contributed by atoms with Crippen LogP contribution in [0.1, 0.15) is 19.3 Å². The third kappa shape index (κ3) is 3.90. The van der Waals surface area contributed by atoms with Gasteiger partial charge in [0, 0.05) is 25.4 Å². The van der Waals surface area contributed by atoms with Crippen molar-refractivity contribution in [2.45, 2.75) is 19.3 Å². The van der Waals surface area contributed by atoms with Crippen LogP contribution in [0, 0.1) is 0 Å². The van der Waals surface area contributed by atoms with Crippen LogP contribution in [0.15, 0.2) is 18.7 Å². The molecule has 0 bridgehead atoms. The lowest BCUT2D eigenvalue weighted by Gasteiger charge is -2.07. The first-order valence-corrected chi connectivity index (χ1v) is 6.17. The Morgan fingerprint density at radius 2 is 2.15 bits per heavy atom. The molecule has 20 heavy (non-hydrogen) atoms. The predicted octanol–water partition coefficient (Wildman–Crippen LogP) is -0.293. The number of anilines is 2. The lowest BCUT2D eigenvalue weighted by Crippen LogP contribution is -2.13. The highest BCUT2D eigenvalue weighted by atomic mass is 16.1. The van der Waals surface area contributed by atoms with Crippen molar-refractivity contribution in [3.63, 3.8) is 0 Å². The van der Waals surface area contributed by atoms with E-state index in [1.165, 1.54) is 0 Å². The number of nitrogens with zero attached hydrogens (tertiary/aromatic N) is 5. The first kappa shape index (κ1) is 13.7. The van der Waals surface area contributed by atoms with E-state index in [-0.39, 0.29) is 11.9 Å². The van der Waals surface area contributed by atoms with Crippen LogP contribution >= 0.6 is 0 Å². The molecule has 0 aliphatic heterocycles. The average Bonchev–Trinajstić information content (AvgIpc) is 2.91. The third-order valence-electron chi connectivity index (χ3n) is 2.51. The second kappa shape index (κ2) is 6.45. The number of carbonyl (C=O) groups excluding carboxylic acids is 1. The monoisotopic (exact) mass is 276 g/mol. The number of hydrogen-bond acceptors (Lipinski definition) is 7. The maximum Gasteiger partial charge on any atom is 0.241 e. The van der Waals surface area contributed by atoms with E-state index in [1.54, 1.807) is 23.3 Å². The highest BCUT2D eigenvalue weighted by Crippen LogP contribution is 2.07. The van der Waals surface area contributed by atoms with Crippen LogP contribution in [-0.4, -0.2) is 37.0 Å². The topological polar surface area (TPSA) is 138 Å². The first-order chi connectivity index (χ1) is 9.65. The summed E-state index contributed by atoms with van der Waals surface area (Å²) in [5.41, 5.74) is 10.7. The second-order valence-corrected chi connectivity index (χ2v) is 4.14. The maximum atomic E-state index is 10.6. The lowest BCUT2D eigenvalue weighted by molar-refractivity contribution is -0.118. The van der Waals surface area contributed by atoms with Gasteiger partial charge in [-0.25, -0.2) is 4.98 Å². The van der Waals surface area contributed by atoms with E-state index in [2.05, 4.69) is 25.3 Å². The van der Waals surface area contributed by atoms with Crippen LogP contribution in [0.5, 0.6) is 0 Å². The molecule has 0 fully saturated rings. The average molecular weight is 276 g/mol. The number of carbonyl (C=O) groups is 1. The van der Waals surface area contributed by atoms with Gasteiger partial charge in [-0.1, -0.05) is 0 Å². The lowest BCUT2D eigenvalue weighted by atomic mass is 10.2. The molecule has 106 valence electrons. The zero-order chi connectivity index (χ0) is 14.4. The molecular weight excluding hydrogens is 260 g/mol. The molecular formula is C11H16N8O. The number of aromatic nitrogens is 5. The van der Waals surface area contributed by atoms with Crippen LogP contribution in [0.25, 0.3) is 5.95 Å². The van der Waals surface area contributed by atoms with Gasteiger partial charge in [-0.3, -0.25) is 9.36 Å². The molecule has 0 atom stereocenters. The van der Waals surface area contributed by atoms with E-state index >= 15 is 0 Å². The fraction of sp³-hybridized carbons (Fsp3) is 0.364. The van der Waals surface area contributed by atoms with Crippen molar-refractivity contribution < 1.29 is 4.79 Å². The number of rotatable bonds is 7. The minimum Gasteiger partial charge on any atom is -0.370 e. The van der Waals surface area contributed by atoms with E-state index in [0.717, 1.165) is 12.8 Å². The molecule has 0 aromatic carbocycles. The van der Waals surface area contributed by atoms with E-state index in [4.69, 9.17) is 11.5 Å². The van der Waals surface area contributed by atoms with Gasteiger partial charge < -0.3 is 16.8 Å². The Morgan fingerprint density at radius 1 is 1.30 bits per heavy atom. The van der Waals surface area contributed by atoms with Crippen LogP contribution in [0.4, 0.5) is 11.9 Å². The molecule has 9 nitrogen and oxygen atoms in total. The van der Waals surface area contributed by atoms with Gasteiger partial charge in [0.15, 0.2) is 0 Å². The van der Waals surface area contributed by atoms with Crippen LogP contribution in [0.2, 0.25) is 0 Å². The minimum atomic E-state index is -0.295. The summed E-state index contributed by atoms with van der Waals surface area (Å²) in [7, 11) is 0. The van der Waals surface area contributed by atoms with Gasteiger partial charge in [-0.05, 0) is 12.8 Å². The fourth-order valence-electron chi connectivity index (χ4n) is 1.58. The molecule has 0 radical (unpaired) electrons. The fourth-order valence-corrected chi connectivity index (χ4v) is 1.58. The summed E-state index contributed by atoms with van der Waals surface area (Å²) in [5.74, 6) is 0.620. The summed E-state index contributed by atoms with van der Waals surface area (Å²) in [4.78, 5) is 26.8. The van der Waals surface area contributed by atoms with Gasteiger partial charge in [-0.15, -0.1) is 0 Å². The largest absolute Gasteiger partial charge is 0.370 e. The Kier molecular flexibility index (Phi) is 4.43. The highest BCUT2D eigenvalue weighted by Gasteiger charge is 2.05. The molecule has 9 heteroatoms. The second-order valence-electron chi connectivity index (χ2n) is 4.14. The number of primary amides is 1. The smallest absolute Gasteiger partial charge is 0.241 e. The van der Waals surface area contributed by atoms with Gasteiger partial charge in [0.05, 0.1) is 0 Å². The first-order valence-electron chi connectivity index (χ1n) is 6.17. The quantitative estimate of drug-likeness (QED) is 0.590. The number of nitrogens with two attached hydrogens (primary N) is 2. The maximum absolute atomic E-state index is 10.6. The van der Waals surface area contributed by atoms with E-state index < -0.39 is 0 Å². The predicted molar refractivity (Wildman–Crippen MR) is 72.9 cm³/mol. The number of hydrogen-bond donors (Lipinski definition) is 3. The van der Waals surface area contributed by atoms with E-state index in [1.807, 2.05) is 0 Å². The van der Waals surface area contributed by atoms with Gasteiger partial charge in [0.25, 0.3) is 0 Å². The molecule has 2 aromatic rings. The summed E-state index contributed by atoms with van der Waals surface area (Å²) in [6.45, 7) is 0.625. The summed E-state index contributed by atoms with van der Waals surface area (Å²) in [6.07, 6.45) is 6.79. The molecule has 1 amide bonds. The molecule has 0 saturated heterocycles. The summed E-state index contributed by atoms with van der Waals surface area (Å²) >= 11 is 0. The molecule has 2 heterocycles. The van der Waals surface area contributed by atoms with E-state index in [9.17, 15) is 4.79 Å². The molecule has 2 aromatic heterocycles. The summed E-state index contributed by atoms with van der Waals surface area (Å²) in [6, 6.07) is 0. The normalized spacial score (nSPS) is 10.4. The minimum absolute atomic E-state index is 0.128. The van der Waals surface area contributed by atoms with Crippen LogP contribution in [-0.2, 0) is 4.79 Å². The SMILES string of the molecule is NC(=O)CCCCNc1nc(N)nc(-n2ccnc2)n1. The van der Waals surface area contributed by atoms with Crippen molar-refractivity contribution in [2.24, 2.45) is 5.73 Å². The Morgan fingerprint density at radius 3 is 2.85 bits per heavy atom. The Hall–Kier alpha value is -2.71. The molecule has 2 rings (SSSR count). The number of amides is 1. The van der Waals surface area contributed by atoms with Gasteiger partial charge >= 0.3 is 0 Å². The van der Waals surface area contributed by atoms with Crippen molar-refractivity contribution in [1.82, 2.24) is 24.5 Å². The number of unbranched alkanes of at least 4 members (excludes halogenated alkanes) is 1. The number of nitrogen functional groups attached to an aromatic ring is 1. The van der Waals surface area contributed by atoms with Gasteiger partial charge in [-0.2, -0.15) is 15.0 Å². The zero-order valence-electron chi connectivity index (χ0n) is 10.9. The van der Waals surface area contributed by atoms with Crippen molar-refractivity contribution >= 4 is 17.8 Å². The van der Waals surface area contributed by atoms with Crippen molar-refractivity contribution in [3.8, 4) is 5.95 Å². The van der Waals surface area contributed by atoms with Crippen molar-refractivity contribution in [2.75, 3.05) is 17.6 Å². The van der Waals surface area contributed by atoms with E-state index in [0.29, 0.717) is 24.9 Å². The van der Waals surface area contributed by atoms with Gasteiger partial charge in [0.1, 0.15) is 6.33 Å². The van der Waals surface area contributed by atoms with Gasteiger partial charge in [0.2, 0.25) is 23.8 Å². The number of imidazole rings is 1. The van der Waals surface area contributed by atoms with Crippen molar-refractivity contribution in [1.29, 1.82) is 0 Å². The Balaban J connectivity index is 1.93. The molecule has 5 N–H and O–H groups in total. The molecule has 0 saturated carbocycles. The number of nitrogens with one attached hydrogen (secondary N) is 1. The molecule has 0 spiro atoms. The Bertz CT molecular complexity index is 568. The Labute approximate surface area is 115 Å².